The summed E-state index contributed by atoms with van der Waals surface area (Å²) in [6.45, 7) is 0.678. The number of nitrogens with one attached hydrogen (secondary N) is 1. The van der Waals surface area contributed by atoms with E-state index >= 15 is 0 Å². The van der Waals surface area contributed by atoms with Crippen molar-refractivity contribution in [3.8, 4) is 0 Å². The minimum absolute atomic E-state index is 0.0251. The van der Waals surface area contributed by atoms with Gasteiger partial charge < -0.3 is 15.2 Å². The SMILES string of the molecule is COCCCCC(=O)N[C@@H]1CC[C@H](C(=O)O)C1. The number of rotatable bonds is 7. The molecule has 0 saturated heterocycles. The minimum atomic E-state index is -0.748. The zero-order chi connectivity index (χ0) is 12.7. The molecule has 0 spiro atoms. The van der Waals surface area contributed by atoms with Gasteiger partial charge in [0, 0.05) is 26.2 Å². The Balaban J connectivity index is 2.13. The van der Waals surface area contributed by atoms with Crippen LogP contribution in [0.4, 0.5) is 0 Å². The van der Waals surface area contributed by atoms with E-state index in [0.29, 0.717) is 25.9 Å². The molecule has 5 heteroatoms. The van der Waals surface area contributed by atoms with E-state index in [4.69, 9.17) is 9.84 Å². The standard InChI is InChI=1S/C12H21NO4/c1-17-7-3-2-4-11(14)13-10-6-5-9(8-10)12(15)16/h9-10H,2-8H2,1H3,(H,13,14)(H,15,16)/t9-,10+/m0/s1. The summed E-state index contributed by atoms with van der Waals surface area (Å²) >= 11 is 0. The predicted molar refractivity (Wildman–Crippen MR) is 62.6 cm³/mol. The van der Waals surface area contributed by atoms with Gasteiger partial charge in [-0.15, -0.1) is 0 Å². The van der Waals surface area contributed by atoms with Crippen LogP contribution in [0.3, 0.4) is 0 Å². The predicted octanol–water partition coefficient (Wildman–Crippen LogP) is 1.17. The highest BCUT2D eigenvalue weighted by atomic mass is 16.5. The van der Waals surface area contributed by atoms with Gasteiger partial charge in [0.25, 0.3) is 0 Å². The number of methoxy groups -OCH3 is 1. The maximum absolute atomic E-state index is 11.5. The molecule has 0 aromatic rings. The molecule has 17 heavy (non-hydrogen) atoms. The second kappa shape index (κ2) is 7.27. The molecule has 98 valence electrons. The number of hydrogen-bond acceptors (Lipinski definition) is 3. The summed E-state index contributed by atoms with van der Waals surface area (Å²) in [5, 5.41) is 11.7. The third-order valence-electron chi connectivity index (χ3n) is 3.15. The van der Waals surface area contributed by atoms with Gasteiger partial charge in [-0.25, -0.2) is 0 Å². The van der Waals surface area contributed by atoms with Crippen LogP contribution in [0.15, 0.2) is 0 Å². The molecular formula is C12H21NO4. The number of carboxylic acids is 1. The molecule has 1 rings (SSSR count). The van der Waals surface area contributed by atoms with Crippen LogP contribution >= 0.6 is 0 Å². The zero-order valence-corrected chi connectivity index (χ0v) is 10.3. The maximum atomic E-state index is 11.5. The summed E-state index contributed by atoms with van der Waals surface area (Å²) in [6, 6.07) is 0.0472. The fourth-order valence-corrected chi connectivity index (χ4v) is 2.17. The Hall–Kier alpha value is -1.10. The summed E-state index contributed by atoms with van der Waals surface area (Å²) in [7, 11) is 1.64. The average Bonchev–Trinajstić information content (AvgIpc) is 2.73. The molecule has 1 aliphatic rings. The number of carboxylic acid groups (broad SMARTS) is 1. The van der Waals surface area contributed by atoms with Crippen LogP contribution in [-0.2, 0) is 14.3 Å². The first-order valence-electron chi connectivity index (χ1n) is 6.14. The molecule has 0 radical (unpaired) electrons. The Morgan fingerprint density at radius 3 is 2.71 bits per heavy atom. The highest BCUT2D eigenvalue weighted by Crippen LogP contribution is 2.25. The molecular weight excluding hydrogens is 222 g/mol. The Morgan fingerprint density at radius 2 is 2.12 bits per heavy atom. The van der Waals surface area contributed by atoms with E-state index < -0.39 is 5.97 Å². The van der Waals surface area contributed by atoms with E-state index in [1.165, 1.54) is 0 Å². The fraction of sp³-hybridized carbons (Fsp3) is 0.833. The molecule has 0 unspecified atom stereocenters. The molecule has 2 atom stereocenters. The molecule has 2 N–H and O–H groups in total. The summed E-state index contributed by atoms with van der Waals surface area (Å²) in [5.41, 5.74) is 0. The Bertz CT molecular complexity index is 267. The molecule has 1 aliphatic carbocycles. The van der Waals surface area contributed by atoms with E-state index in [9.17, 15) is 9.59 Å². The van der Waals surface area contributed by atoms with Crippen LogP contribution in [-0.4, -0.2) is 36.7 Å². The number of amides is 1. The molecule has 0 heterocycles. The molecule has 1 saturated carbocycles. The molecule has 0 aliphatic heterocycles. The molecule has 0 aromatic heterocycles. The lowest BCUT2D eigenvalue weighted by molar-refractivity contribution is -0.141. The summed E-state index contributed by atoms with van der Waals surface area (Å²) in [5.74, 6) is -1.01. The van der Waals surface area contributed by atoms with Crippen molar-refractivity contribution < 1.29 is 19.4 Å². The van der Waals surface area contributed by atoms with Gasteiger partial charge in [0.15, 0.2) is 0 Å². The fourth-order valence-electron chi connectivity index (χ4n) is 2.17. The van der Waals surface area contributed by atoms with E-state index in [0.717, 1.165) is 19.3 Å². The van der Waals surface area contributed by atoms with Crippen molar-refractivity contribution in [1.29, 1.82) is 0 Å². The second-order valence-corrected chi connectivity index (χ2v) is 4.56. The summed E-state index contributed by atoms with van der Waals surface area (Å²) in [4.78, 5) is 22.3. The van der Waals surface area contributed by atoms with E-state index in [2.05, 4.69) is 5.32 Å². The monoisotopic (exact) mass is 243 g/mol. The topological polar surface area (TPSA) is 75.6 Å². The summed E-state index contributed by atoms with van der Waals surface area (Å²) in [6.07, 6.45) is 4.21. The largest absolute Gasteiger partial charge is 0.481 e. The summed E-state index contributed by atoms with van der Waals surface area (Å²) < 4.78 is 4.90. The number of carbonyl (C=O) groups is 2. The number of hydrogen-bond donors (Lipinski definition) is 2. The lowest BCUT2D eigenvalue weighted by Gasteiger charge is -2.12. The molecule has 1 amide bonds. The van der Waals surface area contributed by atoms with Gasteiger partial charge in [-0.3, -0.25) is 9.59 Å². The average molecular weight is 243 g/mol. The van der Waals surface area contributed by atoms with Gasteiger partial charge in [-0.05, 0) is 32.1 Å². The Morgan fingerprint density at radius 1 is 1.35 bits per heavy atom. The van der Waals surface area contributed by atoms with E-state index in [1.54, 1.807) is 7.11 Å². The normalized spacial score (nSPS) is 23.6. The molecule has 0 aromatic carbocycles. The second-order valence-electron chi connectivity index (χ2n) is 4.56. The highest BCUT2D eigenvalue weighted by molar-refractivity contribution is 5.76. The quantitative estimate of drug-likeness (QED) is 0.658. The van der Waals surface area contributed by atoms with Crippen molar-refractivity contribution in [2.45, 2.75) is 44.6 Å². The third-order valence-corrected chi connectivity index (χ3v) is 3.15. The van der Waals surface area contributed by atoms with Crippen molar-refractivity contribution >= 4 is 11.9 Å². The number of carbonyl (C=O) groups excluding carboxylic acids is 1. The van der Waals surface area contributed by atoms with Gasteiger partial charge in [0.05, 0.1) is 5.92 Å². The number of ether oxygens (including phenoxy) is 1. The zero-order valence-electron chi connectivity index (χ0n) is 10.3. The molecule has 1 fully saturated rings. The van der Waals surface area contributed by atoms with Crippen molar-refractivity contribution in [3.63, 3.8) is 0 Å². The Labute approximate surface area is 102 Å². The lowest BCUT2D eigenvalue weighted by atomic mass is 10.1. The Kier molecular flexibility index (Phi) is 5.97. The van der Waals surface area contributed by atoms with Gasteiger partial charge >= 0.3 is 5.97 Å². The third kappa shape index (κ3) is 5.17. The van der Waals surface area contributed by atoms with E-state index in [1.807, 2.05) is 0 Å². The number of unbranched alkanes of at least 4 members (excludes halogenated alkanes) is 1. The van der Waals surface area contributed by atoms with Crippen LogP contribution in [0.1, 0.15) is 38.5 Å². The number of aliphatic carboxylic acids is 1. The lowest BCUT2D eigenvalue weighted by Crippen LogP contribution is -2.33. The van der Waals surface area contributed by atoms with Gasteiger partial charge in [-0.2, -0.15) is 0 Å². The van der Waals surface area contributed by atoms with E-state index in [-0.39, 0.29) is 17.9 Å². The van der Waals surface area contributed by atoms with Crippen LogP contribution in [0.5, 0.6) is 0 Å². The minimum Gasteiger partial charge on any atom is -0.481 e. The van der Waals surface area contributed by atoms with Gasteiger partial charge in [0.1, 0.15) is 0 Å². The van der Waals surface area contributed by atoms with Crippen LogP contribution in [0.25, 0.3) is 0 Å². The highest BCUT2D eigenvalue weighted by Gasteiger charge is 2.30. The van der Waals surface area contributed by atoms with Crippen molar-refractivity contribution in [2.24, 2.45) is 5.92 Å². The van der Waals surface area contributed by atoms with Gasteiger partial charge in [-0.1, -0.05) is 0 Å². The van der Waals surface area contributed by atoms with Crippen LogP contribution < -0.4 is 5.32 Å². The smallest absolute Gasteiger partial charge is 0.306 e. The maximum Gasteiger partial charge on any atom is 0.306 e. The van der Waals surface area contributed by atoms with Crippen LogP contribution in [0, 0.1) is 5.92 Å². The first kappa shape index (κ1) is 14.0. The molecule has 5 nitrogen and oxygen atoms in total. The van der Waals surface area contributed by atoms with Crippen molar-refractivity contribution in [2.75, 3.05) is 13.7 Å². The van der Waals surface area contributed by atoms with Gasteiger partial charge in [0.2, 0.25) is 5.91 Å². The van der Waals surface area contributed by atoms with Crippen molar-refractivity contribution in [1.82, 2.24) is 5.32 Å². The van der Waals surface area contributed by atoms with Crippen molar-refractivity contribution in [3.05, 3.63) is 0 Å². The van der Waals surface area contributed by atoms with Crippen LogP contribution in [0.2, 0.25) is 0 Å². The first-order chi connectivity index (χ1) is 8.13. The first-order valence-corrected chi connectivity index (χ1v) is 6.14. The molecule has 0 bridgehead atoms.